The summed E-state index contributed by atoms with van der Waals surface area (Å²) in [6.45, 7) is 1.79. The third-order valence-electron chi connectivity index (χ3n) is 7.09. The number of esters is 1. The molecule has 5 atom stereocenters. The summed E-state index contributed by atoms with van der Waals surface area (Å²) in [6, 6.07) is 8.07. The number of benzene rings is 1. The van der Waals surface area contributed by atoms with Crippen molar-refractivity contribution < 1.29 is 23.1 Å². The van der Waals surface area contributed by atoms with Gasteiger partial charge in [-0.05, 0) is 56.1 Å². The van der Waals surface area contributed by atoms with Gasteiger partial charge in [0.25, 0.3) is 0 Å². The van der Waals surface area contributed by atoms with Crippen molar-refractivity contribution in [2.45, 2.75) is 44.7 Å². The number of aromatic nitrogens is 4. The molecule has 5 rings (SSSR count). The number of rotatable bonds is 9. The summed E-state index contributed by atoms with van der Waals surface area (Å²) in [7, 11) is -2.61. The van der Waals surface area contributed by atoms with Crippen LogP contribution in [0.1, 0.15) is 38.6 Å². The lowest BCUT2D eigenvalue weighted by Crippen LogP contribution is -2.35. The van der Waals surface area contributed by atoms with Gasteiger partial charge in [-0.25, -0.2) is 19.5 Å². The second-order valence-electron chi connectivity index (χ2n) is 9.41. The van der Waals surface area contributed by atoms with E-state index < -0.39 is 19.8 Å². The van der Waals surface area contributed by atoms with Gasteiger partial charge in [0.2, 0.25) is 0 Å². The van der Waals surface area contributed by atoms with E-state index in [4.69, 9.17) is 19.5 Å². The highest BCUT2D eigenvalue weighted by atomic mass is 31.2. The van der Waals surface area contributed by atoms with E-state index in [1.807, 2.05) is 6.07 Å². The van der Waals surface area contributed by atoms with Crippen LogP contribution in [0, 0.1) is 11.3 Å². The molecular formula is C23H29N6O5P. The van der Waals surface area contributed by atoms with Crippen molar-refractivity contribution in [1.82, 2.24) is 24.6 Å². The Hall–Kier alpha value is -3.01. The molecule has 2 bridgehead atoms. The van der Waals surface area contributed by atoms with E-state index in [0.29, 0.717) is 23.0 Å². The molecule has 0 saturated heterocycles. The maximum atomic E-state index is 13.8. The number of carbonyl (C=O) groups excluding carboxylic acids is 1. The maximum Gasteiger partial charge on any atom is 0.459 e. The van der Waals surface area contributed by atoms with E-state index in [-0.39, 0.29) is 18.1 Å². The average molecular weight is 500 g/mol. The number of hydrogen-bond donors (Lipinski definition) is 2. The molecule has 12 heteroatoms. The molecule has 2 aromatic heterocycles. The summed E-state index contributed by atoms with van der Waals surface area (Å²) < 4.78 is 32.4. The van der Waals surface area contributed by atoms with Gasteiger partial charge >= 0.3 is 13.7 Å². The number of anilines is 1. The molecule has 1 unspecified atom stereocenters. The number of nitrogens with zero attached hydrogens (tertiary/aromatic N) is 4. The van der Waals surface area contributed by atoms with E-state index in [0.717, 1.165) is 31.3 Å². The van der Waals surface area contributed by atoms with Crippen LogP contribution in [-0.4, -0.2) is 45.2 Å². The first kappa shape index (κ1) is 23.7. The molecule has 3 aromatic rings. The number of methoxy groups -OCH3 is 1. The van der Waals surface area contributed by atoms with Crippen LogP contribution in [0.15, 0.2) is 43.0 Å². The average Bonchev–Trinajstić information content (AvgIpc) is 3.57. The van der Waals surface area contributed by atoms with Gasteiger partial charge in [-0.15, -0.1) is 0 Å². The first-order chi connectivity index (χ1) is 16.8. The molecule has 2 saturated carbocycles. The highest BCUT2D eigenvalue weighted by Gasteiger charge is 2.52. The van der Waals surface area contributed by atoms with E-state index in [1.54, 1.807) is 37.5 Å². The molecule has 0 radical (unpaired) electrons. The fourth-order valence-corrected chi connectivity index (χ4v) is 7.01. The van der Waals surface area contributed by atoms with Gasteiger partial charge < -0.3 is 19.6 Å². The predicted molar refractivity (Wildman–Crippen MR) is 128 cm³/mol. The van der Waals surface area contributed by atoms with Crippen LogP contribution in [0.5, 0.6) is 5.75 Å². The second kappa shape index (κ2) is 9.22. The predicted octanol–water partition coefficient (Wildman–Crippen LogP) is 3.49. The van der Waals surface area contributed by atoms with Crippen LogP contribution in [0.2, 0.25) is 0 Å². The number of para-hydroxylation sites is 1. The Kier molecular flexibility index (Phi) is 6.25. The van der Waals surface area contributed by atoms with Gasteiger partial charge in [0, 0.05) is 6.04 Å². The zero-order valence-corrected chi connectivity index (χ0v) is 20.6. The molecule has 0 amide bonds. The van der Waals surface area contributed by atoms with E-state index in [9.17, 15) is 9.36 Å². The van der Waals surface area contributed by atoms with Crippen molar-refractivity contribution in [3.05, 3.63) is 43.0 Å². The number of hydrogen-bond acceptors (Lipinski definition) is 9. The summed E-state index contributed by atoms with van der Waals surface area (Å²) in [6.07, 6.45) is 6.95. The normalized spacial score (nSPS) is 25.9. The van der Waals surface area contributed by atoms with Gasteiger partial charge in [0.1, 0.15) is 23.6 Å². The van der Waals surface area contributed by atoms with Crippen LogP contribution in [0.25, 0.3) is 11.2 Å². The summed E-state index contributed by atoms with van der Waals surface area (Å²) in [5.41, 5.74) is 7.12. The Labute approximate surface area is 203 Å². The largest absolute Gasteiger partial charge is 0.468 e. The second-order valence-corrected chi connectivity index (χ2v) is 11.1. The lowest BCUT2D eigenvalue weighted by Gasteiger charge is -2.32. The zero-order chi connectivity index (χ0) is 24.6. The quantitative estimate of drug-likeness (QED) is 0.331. The molecule has 0 spiro atoms. The van der Waals surface area contributed by atoms with Crippen LogP contribution in [0.3, 0.4) is 0 Å². The molecule has 2 heterocycles. The van der Waals surface area contributed by atoms with Crippen LogP contribution in [0.4, 0.5) is 5.82 Å². The molecule has 2 aliphatic carbocycles. The summed E-state index contributed by atoms with van der Waals surface area (Å²) >= 11 is 0. The number of nitrogens with one attached hydrogen (secondary N) is 1. The topological polar surface area (TPSA) is 143 Å². The smallest absolute Gasteiger partial charge is 0.459 e. The Bertz CT molecular complexity index is 1270. The summed E-state index contributed by atoms with van der Waals surface area (Å²) in [5.74, 6) is 0.607. The number of ether oxygens (including phenoxy) is 1. The molecule has 3 N–H and O–H groups in total. The first-order valence-corrected chi connectivity index (χ1v) is 13.1. The van der Waals surface area contributed by atoms with Crippen molar-refractivity contribution >= 4 is 30.7 Å². The van der Waals surface area contributed by atoms with Crippen LogP contribution >= 0.6 is 7.75 Å². The monoisotopic (exact) mass is 500 g/mol. The van der Waals surface area contributed by atoms with E-state index in [1.165, 1.54) is 13.4 Å². The zero-order valence-electron chi connectivity index (χ0n) is 19.7. The van der Waals surface area contributed by atoms with Crippen LogP contribution < -0.4 is 15.3 Å². The SMILES string of the molecule is COC(=O)[C@H](C)NP(=O)(OC[C@]12CC[C@H](C1)[C@H](n1cnc3c(N)ncnc31)C2)Oc1ccccc1. The Morgan fingerprint density at radius 2 is 2.09 bits per heavy atom. The van der Waals surface area contributed by atoms with Crippen LogP contribution in [-0.2, 0) is 18.6 Å². The number of nitrogen functional groups attached to an aromatic ring is 1. The van der Waals surface area contributed by atoms with Gasteiger partial charge in [0.05, 0.1) is 20.0 Å². The maximum absolute atomic E-state index is 13.8. The molecule has 35 heavy (non-hydrogen) atoms. The van der Waals surface area contributed by atoms with Gasteiger partial charge in [-0.1, -0.05) is 18.2 Å². The minimum Gasteiger partial charge on any atom is -0.468 e. The Balaban J connectivity index is 1.34. The number of imidazole rings is 1. The summed E-state index contributed by atoms with van der Waals surface area (Å²) in [5, 5.41) is 2.73. The molecule has 186 valence electrons. The number of fused-ring (bicyclic) bond motifs is 3. The summed E-state index contributed by atoms with van der Waals surface area (Å²) in [4.78, 5) is 24.8. The first-order valence-electron chi connectivity index (χ1n) is 11.6. The van der Waals surface area contributed by atoms with Gasteiger partial charge in [0.15, 0.2) is 11.5 Å². The highest BCUT2D eigenvalue weighted by molar-refractivity contribution is 7.52. The molecule has 1 aromatic carbocycles. The minimum absolute atomic E-state index is 0.170. The van der Waals surface area contributed by atoms with Crippen molar-refractivity contribution in [3.8, 4) is 5.75 Å². The molecule has 0 aliphatic heterocycles. The minimum atomic E-state index is -3.89. The van der Waals surface area contributed by atoms with Gasteiger partial charge in [-0.3, -0.25) is 9.32 Å². The lowest BCUT2D eigenvalue weighted by atomic mass is 9.83. The third kappa shape index (κ3) is 4.63. The Morgan fingerprint density at radius 1 is 1.29 bits per heavy atom. The fourth-order valence-electron chi connectivity index (χ4n) is 5.40. The van der Waals surface area contributed by atoms with E-state index >= 15 is 0 Å². The molecule has 11 nitrogen and oxygen atoms in total. The standard InChI is InChI=1S/C23H29N6O5P/c1-15(22(30)32-2)28-35(31,34-17-6-4-3-5-7-17)33-12-23-9-8-16(10-23)18(11-23)29-14-27-19-20(24)25-13-26-21(19)29/h3-7,13-16,18H,8-12H2,1-2H3,(H,28,31)(H2,24,25,26)/t15-,16+,18+,23+,35?/m0/s1. The Morgan fingerprint density at radius 3 is 2.86 bits per heavy atom. The molecular weight excluding hydrogens is 471 g/mol. The number of nitrogens with two attached hydrogens (primary N) is 1. The fraction of sp³-hybridized carbons (Fsp3) is 0.478. The van der Waals surface area contributed by atoms with Gasteiger partial charge in [-0.2, -0.15) is 5.09 Å². The molecule has 2 fully saturated rings. The van der Waals surface area contributed by atoms with Crippen molar-refractivity contribution in [2.24, 2.45) is 11.3 Å². The number of carbonyl (C=O) groups is 1. The highest BCUT2D eigenvalue weighted by Crippen LogP contribution is 2.61. The van der Waals surface area contributed by atoms with Crippen molar-refractivity contribution in [1.29, 1.82) is 0 Å². The third-order valence-corrected chi connectivity index (χ3v) is 8.71. The molecule has 2 aliphatic rings. The lowest BCUT2D eigenvalue weighted by molar-refractivity contribution is -0.142. The van der Waals surface area contributed by atoms with Crippen molar-refractivity contribution in [3.63, 3.8) is 0 Å². The van der Waals surface area contributed by atoms with E-state index in [2.05, 4.69) is 24.6 Å². The van der Waals surface area contributed by atoms with Crippen molar-refractivity contribution in [2.75, 3.05) is 19.5 Å².